The van der Waals surface area contributed by atoms with Crippen LogP contribution < -0.4 is 5.73 Å². The van der Waals surface area contributed by atoms with Gasteiger partial charge < -0.3 is 10.5 Å². The van der Waals surface area contributed by atoms with Crippen molar-refractivity contribution in [3.8, 4) is 0 Å². The highest BCUT2D eigenvalue weighted by molar-refractivity contribution is 5.66. The van der Waals surface area contributed by atoms with Gasteiger partial charge in [0.1, 0.15) is 6.10 Å². The molecule has 1 aliphatic carbocycles. The minimum atomic E-state index is -0.171. The first-order valence-corrected chi connectivity index (χ1v) is 4.61. The summed E-state index contributed by atoms with van der Waals surface area (Å²) in [6.45, 7) is 1.46. The summed E-state index contributed by atoms with van der Waals surface area (Å²) in [6, 6.07) is 0.311. The monoisotopic (exact) mass is 171 g/mol. The number of esters is 1. The maximum Gasteiger partial charge on any atom is 0.302 e. The first kappa shape index (κ1) is 9.52. The summed E-state index contributed by atoms with van der Waals surface area (Å²) in [4.78, 5) is 10.7. The summed E-state index contributed by atoms with van der Waals surface area (Å²) in [7, 11) is 0. The molecule has 0 aromatic carbocycles. The Morgan fingerprint density at radius 1 is 1.33 bits per heavy atom. The molecule has 2 N–H and O–H groups in total. The summed E-state index contributed by atoms with van der Waals surface area (Å²) in [5.41, 5.74) is 5.79. The van der Waals surface area contributed by atoms with E-state index < -0.39 is 0 Å². The molecule has 1 saturated carbocycles. The van der Waals surface area contributed by atoms with Gasteiger partial charge in [-0.15, -0.1) is 0 Å². The van der Waals surface area contributed by atoms with Crippen molar-refractivity contribution in [2.75, 3.05) is 0 Å². The lowest BCUT2D eigenvalue weighted by Gasteiger charge is -2.13. The van der Waals surface area contributed by atoms with Crippen LogP contribution in [0.3, 0.4) is 0 Å². The summed E-state index contributed by atoms with van der Waals surface area (Å²) in [6.07, 6.45) is 5.17. The average Bonchev–Trinajstić information content (AvgIpc) is 2.15. The van der Waals surface area contributed by atoms with Gasteiger partial charge in [-0.1, -0.05) is 0 Å². The van der Waals surface area contributed by atoms with E-state index in [2.05, 4.69) is 0 Å². The van der Waals surface area contributed by atoms with Crippen molar-refractivity contribution in [3.63, 3.8) is 0 Å². The van der Waals surface area contributed by atoms with Gasteiger partial charge in [0.15, 0.2) is 0 Å². The number of ether oxygens (including phenoxy) is 1. The van der Waals surface area contributed by atoms with E-state index in [1.165, 1.54) is 6.92 Å². The minimum absolute atomic E-state index is 0.121. The highest BCUT2D eigenvalue weighted by Gasteiger charge is 2.17. The molecular weight excluding hydrogens is 154 g/mol. The fourth-order valence-corrected chi connectivity index (χ4v) is 1.65. The predicted octanol–water partition coefficient (Wildman–Crippen LogP) is 1.21. The van der Waals surface area contributed by atoms with Crippen LogP contribution in [0.25, 0.3) is 0 Å². The second kappa shape index (κ2) is 4.45. The van der Waals surface area contributed by atoms with Crippen LogP contribution >= 0.6 is 0 Å². The van der Waals surface area contributed by atoms with Gasteiger partial charge in [-0.05, 0) is 32.1 Å². The van der Waals surface area contributed by atoms with Gasteiger partial charge in [0.25, 0.3) is 0 Å². The van der Waals surface area contributed by atoms with Crippen molar-refractivity contribution in [2.45, 2.75) is 51.2 Å². The van der Waals surface area contributed by atoms with E-state index in [4.69, 9.17) is 10.5 Å². The largest absolute Gasteiger partial charge is 0.463 e. The van der Waals surface area contributed by atoms with Crippen LogP contribution in [0.15, 0.2) is 0 Å². The summed E-state index contributed by atoms with van der Waals surface area (Å²) in [5.74, 6) is -0.171. The van der Waals surface area contributed by atoms with Gasteiger partial charge in [-0.2, -0.15) is 0 Å². The molecule has 12 heavy (non-hydrogen) atoms. The molecule has 0 amide bonds. The molecular formula is C9H17NO2. The second-order valence-corrected chi connectivity index (χ2v) is 3.50. The van der Waals surface area contributed by atoms with Crippen LogP contribution in [0.4, 0.5) is 0 Å². The second-order valence-electron chi connectivity index (χ2n) is 3.50. The van der Waals surface area contributed by atoms with Crippen LogP contribution in [0.1, 0.15) is 39.0 Å². The molecule has 0 aliphatic heterocycles. The molecule has 0 saturated heterocycles. The van der Waals surface area contributed by atoms with Crippen LogP contribution in [0.5, 0.6) is 0 Å². The highest BCUT2D eigenvalue weighted by Crippen LogP contribution is 2.19. The van der Waals surface area contributed by atoms with E-state index in [0.29, 0.717) is 6.04 Å². The highest BCUT2D eigenvalue weighted by atomic mass is 16.5. The van der Waals surface area contributed by atoms with Gasteiger partial charge >= 0.3 is 5.97 Å². The third-order valence-electron chi connectivity index (χ3n) is 2.29. The number of hydrogen-bond acceptors (Lipinski definition) is 3. The van der Waals surface area contributed by atoms with Crippen molar-refractivity contribution in [1.29, 1.82) is 0 Å². The third kappa shape index (κ3) is 3.22. The van der Waals surface area contributed by atoms with Crippen LogP contribution in [-0.4, -0.2) is 18.1 Å². The molecule has 0 heterocycles. The number of carbonyl (C=O) groups excluding carboxylic acids is 1. The SMILES string of the molecule is CC(=O)OC1CCCC(N)CC1. The zero-order valence-electron chi connectivity index (χ0n) is 7.58. The van der Waals surface area contributed by atoms with Crippen molar-refractivity contribution in [1.82, 2.24) is 0 Å². The zero-order valence-corrected chi connectivity index (χ0v) is 7.58. The van der Waals surface area contributed by atoms with Crippen molar-refractivity contribution < 1.29 is 9.53 Å². The smallest absolute Gasteiger partial charge is 0.302 e. The molecule has 0 radical (unpaired) electrons. The Hall–Kier alpha value is -0.570. The van der Waals surface area contributed by atoms with Crippen LogP contribution in [0, 0.1) is 0 Å². The van der Waals surface area contributed by atoms with E-state index >= 15 is 0 Å². The quantitative estimate of drug-likeness (QED) is 0.476. The van der Waals surface area contributed by atoms with E-state index in [9.17, 15) is 4.79 Å². The third-order valence-corrected chi connectivity index (χ3v) is 2.29. The molecule has 2 unspecified atom stereocenters. The topological polar surface area (TPSA) is 52.3 Å². The van der Waals surface area contributed by atoms with Crippen LogP contribution in [-0.2, 0) is 9.53 Å². The maximum absolute atomic E-state index is 10.7. The number of nitrogens with two attached hydrogens (primary N) is 1. The van der Waals surface area contributed by atoms with Crippen molar-refractivity contribution in [2.24, 2.45) is 5.73 Å². The molecule has 2 atom stereocenters. The van der Waals surface area contributed by atoms with E-state index in [-0.39, 0.29) is 12.1 Å². The molecule has 0 spiro atoms. The lowest BCUT2D eigenvalue weighted by Crippen LogP contribution is -2.19. The van der Waals surface area contributed by atoms with E-state index in [1.807, 2.05) is 0 Å². The fourth-order valence-electron chi connectivity index (χ4n) is 1.65. The van der Waals surface area contributed by atoms with Crippen LogP contribution in [0.2, 0.25) is 0 Å². The molecule has 0 aromatic rings. The standard InChI is InChI=1S/C9H17NO2/c1-7(11)12-9-4-2-3-8(10)5-6-9/h8-9H,2-6,10H2,1H3. The molecule has 0 bridgehead atoms. The van der Waals surface area contributed by atoms with Gasteiger partial charge in [0, 0.05) is 13.0 Å². The Kier molecular flexibility index (Phi) is 3.53. The van der Waals surface area contributed by atoms with E-state index in [0.717, 1.165) is 32.1 Å². The Balaban J connectivity index is 2.30. The molecule has 3 heteroatoms. The fraction of sp³-hybridized carbons (Fsp3) is 0.889. The Labute approximate surface area is 73.3 Å². The number of rotatable bonds is 1. The molecule has 70 valence electrons. The van der Waals surface area contributed by atoms with Crippen molar-refractivity contribution in [3.05, 3.63) is 0 Å². The lowest BCUT2D eigenvalue weighted by molar-refractivity contribution is -0.146. The van der Waals surface area contributed by atoms with Gasteiger partial charge in [0.2, 0.25) is 0 Å². The minimum Gasteiger partial charge on any atom is -0.463 e. The maximum atomic E-state index is 10.7. The molecule has 1 aliphatic rings. The summed E-state index contributed by atoms with van der Waals surface area (Å²) in [5, 5.41) is 0. The normalized spacial score (nSPS) is 30.8. The van der Waals surface area contributed by atoms with E-state index in [1.54, 1.807) is 0 Å². The van der Waals surface area contributed by atoms with Gasteiger partial charge in [-0.25, -0.2) is 0 Å². The predicted molar refractivity (Wildman–Crippen MR) is 46.6 cm³/mol. The Morgan fingerprint density at radius 2 is 2.08 bits per heavy atom. The Bertz CT molecular complexity index is 159. The molecule has 3 nitrogen and oxygen atoms in total. The van der Waals surface area contributed by atoms with Crippen molar-refractivity contribution >= 4 is 5.97 Å². The lowest BCUT2D eigenvalue weighted by atomic mass is 10.1. The zero-order chi connectivity index (χ0) is 8.97. The molecule has 1 rings (SSSR count). The number of carbonyl (C=O) groups is 1. The average molecular weight is 171 g/mol. The summed E-state index contributed by atoms with van der Waals surface area (Å²) < 4.78 is 5.12. The molecule has 0 aromatic heterocycles. The first-order valence-electron chi connectivity index (χ1n) is 4.61. The van der Waals surface area contributed by atoms with Gasteiger partial charge in [0.05, 0.1) is 0 Å². The Morgan fingerprint density at radius 3 is 2.75 bits per heavy atom. The molecule has 1 fully saturated rings. The van der Waals surface area contributed by atoms with Gasteiger partial charge in [-0.3, -0.25) is 4.79 Å². The summed E-state index contributed by atoms with van der Waals surface area (Å²) >= 11 is 0. The number of hydrogen-bond donors (Lipinski definition) is 1. The first-order chi connectivity index (χ1) is 5.68.